The van der Waals surface area contributed by atoms with Crippen molar-refractivity contribution in [3.05, 3.63) is 39.0 Å². The minimum atomic E-state index is -3.97. The summed E-state index contributed by atoms with van der Waals surface area (Å²) in [7, 11) is -3.97. The monoisotopic (exact) mass is 355 g/mol. The SMILES string of the molecule is CC(C)(CCC(=O)O)NS(=O)(=O)c1ccc2[nH]c(=O)[nH]c(=O)c2c1. The van der Waals surface area contributed by atoms with Gasteiger partial charge in [0.1, 0.15) is 0 Å². The molecule has 4 N–H and O–H groups in total. The number of nitrogens with one attached hydrogen (secondary N) is 3. The molecule has 0 saturated carbocycles. The van der Waals surface area contributed by atoms with E-state index in [0.717, 1.165) is 6.07 Å². The number of rotatable bonds is 6. The highest BCUT2D eigenvalue weighted by Crippen LogP contribution is 2.19. The fraction of sp³-hybridized carbons (Fsp3) is 0.357. The van der Waals surface area contributed by atoms with E-state index >= 15 is 0 Å². The number of carbonyl (C=O) groups is 1. The smallest absolute Gasteiger partial charge is 0.326 e. The number of aromatic amines is 2. The van der Waals surface area contributed by atoms with Crippen LogP contribution in [0.25, 0.3) is 10.9 Å². The van der Waals surface area contributed by atoms with E-state index < -0.39 is 32.8 Å². The van der Waals surface area contributed by atoms with E-state index in [2.05, 4.69) is 9.71 Å². The molecule has 0 saturated heterocycles. The molecular weight excluding hydrogens is 338 g/mol. The average molecular weight is 355 g/mol. The first-order valence-corrected chi connectivity index (χ1v) is 8.51. The van der Waals surface area contributed by atoms with Gasteiger partial charge in [-0.1, -0.05) is 0 Å². The molecule has 10 heteroatoms. The molecule has 0 aliphatic carbocycles. The third-order valence-electron chi connectivity index (χ3n) is 3.40. The molecule has 1 aromatic carbocycles. The van der Waals surface area contributed by atoms with E-state index in [1.807, 2.05) is 4.98 Å². The van der Waals surface area contributed by atoms with Gasteiger partial charge >= 0.3 is 11.7 Å². The summed E-state index contributed by atoms with van der Waals surface area (Å²) < 4.78 is 27.4. The van der Waals surface area contributed by atoms with Crippen molar-refractivity contribution in [2.45, 2.75) is 37.1 Å². The van der Waals surface area contributed by atoms with Gasteiger partial charge in [-0.05, 0) is 38.5 Å². The first-order valence-electron chi connectivity index (χ1n) is 7.02. The second-order valence-corrected chi connectivity index (χ2v) is 7.68. The van der Waals surface area contributed by atoms with Gasteiger partial charge in [-0.25, -0.2) is 17.9 Å². The van der Waals surface area contributed by atoms with Crippen LogP contribution in [0.2, 0.25) is 0 Å². The molecule has 1 aromatic heterocycles. The minimum absolute atomic E-state index is 0.0285. The number of fused-ring (bicyclic) bond motifs is 1. The molecule has 9 nitrogen and oxygen atoms in total. The summed E-state index contributed by atoms with van der Waals surface area (Å²) in [5.41, 5.74) is -2.15. The van der Waals surface area contributed by atoms with Gasteiger partial charge in [0, 0.05) is 12.0 Å². The number of benzene rings is 1. The zero-order valence-corrected chi connectivity index (χ0v) is 13.9. The second kappa shape index (κ2) is 6.21. The Hall–Kier alpha value is -2.46. The average Bonchev–Trinajstić information content (AvgIpc) is 2.43. The first-order chi connectivity index (χ1) is 11.0. The molecule has 0 atom stereocenters. The zero-order valence-electron chi connectivity index (χ0n) is 13.0. The Morgan fingerprint density at radius 1 is 1.25 bits per heavy atom. The molecule has 0 unspecified atom stereocenters. The number of hydrogen-bond acceptors (Lipinski definition) is 5. The maximum absolute atomic E-state index is 12.5. The predicted octanol–water partition coefficient (Wildman–Crippen LogP) is 0.138. The summed E-state index contributed by atoms with van der Waals surface area (Å²) in [5, 5.41) is 8.75. The Bertz CT molecular complexity index is 1000. The Balaban J connectivity index is 2.39. The third-order valence-corrected chi connectivity index (χ3v) is 5.09. The molecule has 0 aliphatic heterocycles. The third kappa shape index (κ3) is 4.09. The van der Waals surface area contributed by atoms with Crippen LogP contribution < -0.4 is 16.0 Å². The number of carboxylic acid groups (broad SMARTS) is 1. The Kier molecular flexibility index (Phi) is 4.63. The fourth-order valence-corrected chi connectivity index (χ4v) is 3.67. The van der Waals surface area contributed by atoms with Crippen molar-refractivity contribution in [1.82, 2.24) is 14.7 Å². The van der Waals surface area contributed by atoms with Crippen LogP contribution in [0.3, 0.4) is 0 Å². The van der Waals surface area contributed by atoms with E-state index in [-0.39, 0.29) is 28.6 Å². The molecule has 130 valence electrons. The highest BCUT2D eigenvalue weighted by atomic mass is 32.2. The predicted molar refractivity (Wildman–Crippen MR) is 86.5 cm³/mol. The lowest BCUT2D eigenvalue weighted by molar-refractivity contribution is -0.137. The molecule has 24 heavy (non-hydrogen) atoms. The Labute approximate surface area is 136 Å². The number of aromatic nitrogens is 2. The molecule has 2 aromatic rings. The van der Waals surface area contributed by atoms with Crippen LogP contribution in [0.15, 0.2) is 32.7 Å². The number of sulfonamides is 1. The molecule has 0 fully saturated rings. The number of aliphatic carboxylic acids is 1. The van der Waals surface area contributed by atoms with Crippen LogP contribution in [0.5, 0.6) is 0 Å². The molecule has 0 aliphatic rings. The highest BCUT2D eigenvalue weighted by Gasteiger charge is 2.27. The molecular formula is C14H17N3O6S. The standard InChI is InChI=1S/C14H17N3O6S/c1-14(2,6-5-11(18)19)17-24(22,23)8-3-4-10-9(7-8)12(20)16-13(21)15-10/h3-4,7,17H,5-6H2,1-2H3,(H,18,19)(H2,15,16,20,21). The quantitative estimate of drug-likeness (QED) is 0.579. The van der Waals surface area contributed by atoms with Crippen LogP contribution >= 0.6 is 0 Å². The van der Waals surface area contributed by atoms with E-state index in [1.54, 1.807) is 13.8 Å². The summed E-state index contributed by atoms with van der Waals surface area (Å²) in [6.45, 7) is 3.14. The number of H-pyrrole nitrogens is 2. The molecule has 0 radical (unpaired) electrons. The molecule has 0 bridgehead atoms. The molecule has 1 heterocycles. The van der Waals surface area contributed by atoms with Crippen molar-refractivity contribution in [3.63, 3.8) is 0 Å². The van der Waals surface area contributed by atoms with Gasteiger partial charge in [-0.15, -0.1) is 0 Å². The number of hydrogen-bond donors (Lipinski definition) is 4. The lowest BCUT2D eigenvalue weighted by atomic mass is 10.0. The van der Waals surface area contributed by atoms with Gasteiger partial charge in [0.2, 0.25) is 10.0 Å². The van der Waals surface area contributed by atoms with Crippen molar-refractivity contribution in [2.75, 3.05) is 0 Å². The van der Waals surface area contributed by atoms with Gasteiger partial charge < -0.3 is 10.1 Å². The van der Waals surface area contributed by atoms with Crippen molar-refractivity contribution in [1.29, 1.82) is 0 Å². The summed E-state index contributed by atoms with van der Waals surface area (Å²) in [5.74, 6) is -1.02. The van der Waals surface area contributed by atoms with Gasteiger partial charge in [0.25, 0.3) is 5.56 Å². The van der Waals surface area contributed by atoms with Crippen LogP contribution in [0.1, 0.15) is 26.7 Å². The largest absolute Gasteiger partial charge is 0.481 e. The zero-order chi connectivity index (χ0) is 18.1. The van der Waals surface area contributed by atoms with Crippen molar-refractivity contribution >= 4 is 26.9 Å². The van der Waals surface area contributed by atoms with E-state index in [4.69, 9.17) is 5.11 Å². The van der Waals surface area contributed by atoms with Gasteiger partial charge in [-0.3, -0.25) is 14.6 Å². The van der Waals surface area contributed by atoms with E-state index in [1.165, 1.54) is 12.1 Å². The van der Waals surface area contributed by atoms with Crippen LogP contribution in [0, 0.1) is 0 Å². The fourth-order valence-electron chi connectivity index (χ4n) is 2.20. The first kappa shape index (κ1) is 17.9. The maximum Gasteiger partial charge on any atom is 0.326 e. The maximum atomic E-state index is 12.5. The van der Waals surface area contributed by atoms with Gasteiger partial charge in [-0.2, -0.15) is 0 Å². The van der Waals surface area contributed by atoms with Crippen molar-refractivity contribution < 1.29 is 18.3 Å². The normalized spacial score (nSPS) is 12.4. The van der Waals surface area contributed by atoms with E-state index in [0.29, 0.717) is 0 Å². The molecule has 0 spiro atoms. The Morgan fingerprint density at radius 3 is 2.54 bits per heavy atom. The molecule has 2 rings (SSSR count). The summed E-state index contributed by atoms with van der Waals surface area (Å²) >= 11 is 0. The van der Waals surface area contributed by atoms with E-state index in [9.17, 15) is 22.8 Å². The minimum Gasteiger partial charge on any atom is -0.481 e. The van der Waals surface area contributed by atoms with Crippen LogP contribution in [-0.4, -0.2) is 35.0 Å². The van der Waals surface area contributed by atoms with Crippen molar-refractivity contribution in [3.8, 4) is 0 Å². The summed E-state index contributed by atoms with van der Waals surface area (Å²) in [6, 6.07) is 3.73. The second-order valence-electron chi connectivity index (χ2n) is 6.00. The van der Waals surface area contributed by atoms with Gasteiger partial charge in [0.05, 0.1) is 15.8 Å². The van der Waals surface area contributed by atoms with Crippen molar-refractivity contribution in [2.24, 2.45) is 0 Å². The lowest BCUT2D eigenvalue weighted by Gasteiger charge is -2.25. The van der Waals surface area contributed by atoms with Gasteiger partial charge in [0.15, 0.2) is 0 Å². The lowest BCUT2D eigenvalue weighted by Crippen LogP contribution is -2.43. The van der Waals surface area contributed by atoms with Crippen LogP contribution in [0.4, 0.5) is 0 Å². The topological polar surface area (TPSA) is 149 Å². The summed E-state index contributed by atoms with van der Waals surface area (Å²) in [6.07, 6.45) is -0.0861. The number of carboxylic acids is 1. The Morgan fingerprint density at radius 2 is 1.92 bits per heavy atom. The molecule has 0 amide bonds. The highest BCUT2D eigenvalue weighted by molar-refractivity contribution is 7.89. The van der Waals surface area contributed by atoms with Crippen LogP contribution in [-0.2, 0) is 14.8 Å². The summed E-state index contributed by atoms with van der Waals surface area (Å²) in [4.78, 5) is 37.9.